The average Bonchev–Trinajstić information content (AvgIpc) is 2.96. The van der Waals surface area contributed by atoms with Crippen LogP contribution >= 0.6 is 28.1 Å². The lowest BCUT2D eigenvalue weighted by atomic mass is 10.1. The van der Waals surface area contributed by atoms with E-state index in [1.54, 1.807) is 6.07 Å². The van der Waals surface area contributed by atoms with Crippen LogP contribution in [0.1, 0.15) is 0 Å². The van der Waals surface area contributed by atoms with Crippen LogP contribution < -0.4 is 5.63 Å². The number of rotatable bonds is 2. The Balaban J connectivity index is 1.88. The molecule has 0 aliphatic carbocycles. The van der Waals surface area contributed by atoms with Gasteiger partial charge in [-0.05, 0) is 48.6 Å². The van der Waals surface area contributed by atoms with Crippen LogP contribution in [0.3, 0.4) is 0 Å². The number of aromatic nitrogens is 2. The Bertz CT molecular complexity index is 1160. The second kappa shape index (κ2) is 5.89. The molecule has 0 saturated heterocycles. The zero-order valence-electron chi connectivity index (χ0n) is 12.3. The van der Waals surface area contributed by atoms with E-state index in [0.717, 1.165) is 15.5 Å². The summed E-state index contributed by atoms with van der Waals surface area (Å²) >= 11 is 8.80. The number of para-hydroxylation sites is 1. The fraction of sp³-hybridized carbons (Fsp3) is 0. The molecule has 2 heterocycles. The van der Waals surface area contributed by atoms with Crippen molar-refractivity contribution >= 4 is 39.1 Å². The minimum Gasteiger partial charge on any atom is -0.422 e. The standard InChI is InChI=1S/C18H11BrN2O2S/c19-12-5-7-13(8-6-12)21-10-15(20-18(21)24)14-9-11-3-1-2-4-16(11)23-17(14)22/h1-10H,(H,20,24). The number of H-pyrrole nitrogens is 1. The lowest BCUT2D eigenvalue weighted by molar-refractivity contribution is 0.563. The molecule has 0 fully saturated rings. The minimum atomic E-state index is -0.395. The Morgan fingerprint density at radius 1 is 1.08 bits per heavy atom. The molecule has 2 aromatic carbocycles. The molecule has 0 amide bonds. The predicted molar refractivity (Wildman–Crippen MR) is 100 cm³/mol. The van der Waals surface area contributed by atoms with Gasteiger partial charge in [-0.1, -0.05) is 34.1 Å². The minimum absolute atomic E-state index is 0.395. The second-order valence-corrected chi connectivity index (χ2v) is 6.61. The molecule has 0 saturated carbocycles. The fourth-order valence-corrected chi connectivity index (χ4v) is 3.11. The third kappa shape index (κ3) is 2.64. The van der Waals surface area contributed by atoms with E-state index in [1.165, 1.54) is 0 Å². The molecular weight excluding hydrogens is 388 g/mol. The number of benzene rings is 2. The van der Waals surface area contributed by atoms with Crippen molar-refractivity contribution in [3.8, 4) is 16.9 Å². The van der Waals surface area contributed by atoms with Crippen molar-refractivity contribution in [3.63, 3.8) is 0 Å². The number of halogens is 1. The molecule has 4 aromatic rings. The van der Waals surface area contributed by atoms with E-state index in [-0.39, 0.29) is 0 Å². The maximum absolute atomic E-state index is 12.3. The summed E-state index contributed by atoms with van der Waals surface area (Å²) in [4.78, 5) is 15.4. The van der Waals surface area contributed by atoms with Gasteiger partial charge in [0.25, 0.3) is 0 Å². The van der Waals surface area contributed by atoms with Crippen LogP contribution in [0.4, 0.5) is 0 Å². The molecule has 0 bridgehead atoms. The van der Waals surface area contributed by atoms with Crippen LogP contribution in [0, 0.1) is 4.77 Å². The van der Waals surface area contributed by atoms with Crippen molar-refractivity contribution in [1.82, 2.24) is 9.55 Å². The summed E-state index contributed by atoms with van der Waals surface area (Å²) in [5.74, 6) is 0. The zero-order chi connectivity index (χ0) is 16.7. The smallest absolute Gasteiger partial charge is 0.345 e. The summed E-state index contributed by atoms with van der Waals surface area (Å²) < 4.78 is 8.72. The van der Waals surface area contributed by atoms with Gasteiger partial charge in [0.05, 0.1) is 11.3 Å². The van der Waals surface area contributed by atoms with Gasteiger partial charge >= 0.3 is 5.63 Å². The highest BCUT2D eigenvalue weighted by molar-refractivity contribution is 9.10. The van der Waals surface area contributed by atoms with Gasteiger partial charge in [0.2, 0.25) is 0 Å². The lowest BCUT2D eigenvalue weighted by Gasteiger charge is -2.02. The normalized spacial score (nSPS) is 11.0. The van der Waals surface area contributed by atoms with Crippen molar-refractivity contribution in [3.05, 3.63) is 80.5 Å². The first-order valence-corrected chi connectivity index (χ1v) is 8.43. The summed E-state index contributed by atoms with van der Waals surface area (Å²) in [5, 5.41) is 0.864. The molecule has 0 radical (unpaired) electrons. The van der Waals surface area contributed by atoms with E-state index < -0.39 is 5.63 Å². The fourth-order valence-electron chi connectivity index (χ4n) is 2.58. The van der Waals surface area contributed by atoms with Crippen LogP contribution in [0.5, 0.6) is 0 Å². The van der Waals surface area contributed by atoms with E-state index in [0.29, 0.717) is 21.6 Å². The summed E-state index contributed by atoms with van der Waals surface area (Å²) in [6.45, 7) is 0. The van der Waals surface area contributed by atoms with Crippen molar-refractivity contribution in [2.24, 2.45) is 0 Å². The molecular formula is C18H11BrN2O2S. The molecule has 118 valence electrons. The molecule has 4 rings (SSSR count). The van der Waals surface area contributed by atoms with E-state index in [1.807, 2.05) is 59.3 Å². The number of fused-ring (bicyclic) bond motifs is 1. The summed E-state index contributed by atoms with van der Waals surface area (Å²) in [6, 6.07) is 17.0. The van der Waals surface area contributed by atoms with E-state index >= 15 is 0 Å². The van der Waals surface area contributed by atoms with Crippen LogP contribution in [-0.2, 0) is 0 Å². The molecule has 0 spiro atoms. The van der Waals surface area contributed by atoms with Gasteiger partial charge in [0, 0.05) is 21.7 Å². The predicted octanol–water partition coefficient (Wildman–Crippen LogP) is 5.07. The van der Waals surface area contributed by atoms with Crippen molar-refractivity contribution in [2.75, 3.05) is 0 Å². The largest absolute Gasteiger partial charge is 0.422 e. The van der Waals surface area contributed by atoms with Crippen LogP contribution in [0.25, 0.3) is 27.9 Å². The maximum Gasteiger partial charge on any atom is 0.345 e. The molecule has 1 N–H and O–H groups in total. The van der Waals surface area contributed by atoms with Crippen molar-refractivity contribution in [1.29, 1.82) is 0 Å². The van der Waals surface area contributed by atoms with Crippen LogP contribution in [0.15, 0.2) is 74.5 Å². The molecule has 6 heteroatoms. The molecule has 0 aliphatic heterocycles. The zero-order valence-corrected chi connectivity index (χ0v) is 14.7. The molecule has 4 nitrogen and oxygen atoms in total. The summed E-state index contributed by atoms with van der Waals surface area (Å²) in [5.41, 5.74) is 2.17. The van der Waals surface area contributed by atoms with Gasteiger partial charge in [-0.15, -0.1) is 0 Å². The van der Waals surface area contributed by atoms with Gasteiger partial charge in [-0.25, -0.2) is 4.79 Å². The first kappa shape index (κ1) is 15.1. The number of nitrogens with zero attached hydrogens (tertiary/aromatic N) is 1. The topological polar surface area (TPSA) is 50.9 Å². The highest BCUT2D eigenvalue weighted by Crippen LogP contribution is 2.22. The Morgan fingerprint density at radius 3 is 2.62 bits per heavy atom. The van der Waals surface area contributed by atoms with Gasteiger partial charge in [-0.3, -0.25) is 4.57 Å². The van der Waals surface area contributed by atoms with E-state index in [4.69, 9.17) is 16.6 Å². The lowest BCUT2D eigenvalue weighted by Crippen LogP contribution is -2.02. The highest BCUT2D eigenvalue weighted by atomic mass is 79.9. The van der Waals surface area contributed by atoms with Crippen molar-refractivity contribution < 1.29 is 4.42 Å². The number of aromatic amines is 1. The molecule has 24 heavy (non-hydrogen) atoms. The Morgan fingerprint density at radius 2 is 1.83 bits per heavy atom. The third-order valence-electron chi connectivity index (χ3n) is 3.75. The van der Waals surface area contributed by atoms with Gasteiger partial charge < -0.3 is 9.40 Å². The maximum atomic E-state index is 12.3. The van der Waals surface area contributed by atoms with Crippen molar-refractivity contribution in [2.45, 2.75) is 0 Å². The Labute approximate surface area is 150 Å². The van der Waals surface area contributed by atoms with Gasteiger partial charge in [0.1, 0.15) is 5.58 Å². The first-order valence-electron chi connectivity index (χ1n) is 7.23. The van der Waals surface area contributed by atoms with E-state index in [2.05, 4.69) is 20.9 Å². The van der Waals surface area contributed by atoms with Crippen LogP contribution in [0.2, 0.25) is 0 Å². The van der Waals surface area contributed by atoms with Gasteiger partial charge in [0.15, 0.2) is 4.77 Å². The summed E-state index contributed by atoms with van der Waals surface area (Å²) in [6.07, 6.45) is 1.81. The second-order valence-electron chi connectivity index (χ2n) is 5.30. The van der Waals surface area contributed by atoms with Crippen LogP contribution in [-0.4, -0.2) is 9.55 Å². The molecule has 0 aliphatic rings. The molecule has 2 aromatic heterocycles. The third-order valence-corrected chi connectivity index (χ3v) is 4.58. The monoisotopic (exact) mass is 398 g/mol. The SMILES string of the molecule is O=c1oc2ccccc2cc1-c1cn(-c2ccc(Br)cc2)c(=S)[nH]1. The quantitative estimate of drug-likeness (QED) is 0.378. The number of nitrogens with one attached hydrogen (secondary N) is 1. The average molecular weight is 399 g/mol. The number of imidazole rings is 1. The highest BCUT2D eigenvalue weighted by Gasteiger charge is 2.11. The number of hydrogen-bond acceptors (Lipinski definition) is 3. The Kier molecular flexibility index (Phi) is 3.70. The number of hydrogen-bond donors (Lipinski definition) is 1. The van der Waals surface area contributed by atoms with E-state index in [9.17, 15) is 4.79 Å². The summed E-state index contributed by atoms with van der Waals surface area (Å²) in [7, 11) is 0. The first-order chi connectivity index (χ1) is 11.6. The molecule has 0 unspecified atom stereocenters. The molecule has 0 atom stereocenters. The Hall–Kier alpha value is -2.44. The van der Waals surface area contributed by atoms with Gasteiger partial charge in [-0.2, -0.15) is 0 Å².